The summed E-state index contributed by atoms with van der Waals surface area (Å²) in [5, 5.41) is 8.47. The largest absolute Gasteiger partial charge is 0.481 e. The van der Waals surface area contributed by atoms with E-state index >= 15 is 0 Å². The highest BCUT2D eigenvalue weighted by molar-refractivity contribution is 5.82. The van der Waals surface area contributed by atoms with Crippen LogP contribution in [-0.2, 0) is 4.79 Å². The first-order valence-corrected chi connectivity index (χ1v) is 3.50. The second-order valence-corrected chi connectivity index (χ2v) is 2.41. The Hall–Kier alpha value is -1.64. The highest BCUT2D eigenvalue weighted by atomic mass is 16.4. The number of carbonyl (C=O) groups is 1. The molecule has 0 atom stereocenters. The quantitative estimate of drug-likeness (QED) is 0.735. The summed E-state index contributed by atoms with van der Waals surface area (Å²) in [7, 11) is 0. The first-order valence-electron chi connectivity index (χ1n) is 3.50. The van der Waals surface area contributed by atoms with Gasteiger partial charge in [-0.1, -0.05) is 6.58 Å². The minimum Gasteiger partial charge on any atom is -0.481 e. The molecule has 0 aromatic carbocycles. The van der Waals surface area contributed by atoms with E-state index in [1.54, 1.807) is 24.5 Å². The lowest BCUT2D eigenvalue weighted by atomic mass is 10.1. The molecule has 0 fully saturated rings. The molecule has 62 valence electrons. The second kappa shape index (κ2) is 3.67. The smallest absolute Gasteiger partial charge is 0.307 e. The molecule has 12 heavy (non-hydrogen) atoms. The van der Waals surface area contributed by atoms with Crippen LogP contribution >= 0.6 is 0 Å². The predicted octanol–water partition coefficient (Wildman–Crippen LogP) is 1.57. The van der Waals surface area contributed by atoms with Gasteiger partial charge in [0.25, 0.3) is 0 Å². The van der Waals surface area contributed by atoms with Crippen LogP contribution in [0.5, 0.6) is 0 Å². The minimum absolute atomic E-state index is 0.0238. The molecule has 1 aromatic heterocycles. The summed E-state index contributed by atoms with van der Waals surface area (Å²) >= 11 is 0. The van der Waals surface area contributed by atoms with Gasteiger partial charge in [0.1, 0.15) is 0 Å². The van der Waals surface area contributed by atoms with Gasteiger partial charge in [-0.25, -0.2) is 0 Å². The maximum absolute atomic E-state index is 10.3. The average molecular weight is 163 g/mol. The number of aromatic nitrogens is 1. The highest BCUT2D eigenvalue weighted by Crippen LogP contribution is 2.13. The topological polar surface area (TPSA) is 50.2 Å². The molecule has 0 spiro atoms. The number of nitrogens with zero attached hydrogens (tertiary/aromatic N) is 1. The first kappa shape index (κ1) is 8.46. The molecule has 1 heterocycles. The lowest BCUT2D eigenvalue weighted by molar-refractivity contribution is -0.135. The van der Waals surface area contributed by atoms with E-state index in [1.807, 2.05) is 0 Å². The Labute approximate surface area is 70.4 Å². The molecule has 0 bridgehead atoms. The highest BCUT2D eigenvalue weighted by Gasteiger charge is 2.02. The van der Waals surface area contributed by atoms with Crippen molar-refractivity contribution in [2.24, 2.45) is 0 Å². The standard InChI is InChI=1S/C9H9NO2/c1-7(6-9(11)12)8-2-4-10-5-3-8/h2-5H,1,6H2,(H,11,12). The van der Waals surface area contributed by atoms with Gasteiger partial charge in [-0.3, -0.25) is 9.78 Å². The number of hydrogen-bond acceptors (Lipinski definition) is 2. The Morgan fingerprint density at radius 3 is 2.58 bits per heavy atom. The van der Waals surface area contributed by atoms with E-state index in [2.05, 4.69) is 11.6 Å². The fraction of sp³-hybridized carbons (Fsp3) is 0.111. The number of aliphatic carboxylic acids is 1. The van der Waals surface area contributed by atoms with Gasteiger partial charge in [0.05, 0.1) is 6.42 Å². The van der Waals surface area contributed by atoms with E-state index in [4.69, 9.17) is 5.11 Å². The van der Waals surface area contributed by atoms with Crippen molar-refractivity contribution in [1.29, 1.82) is 0 Å². The van der Waals surface area contributed by atoms with E-state index in [-0.39, 0.29) is 6.42 Å². The third-order valence-electron chi connectivity index (χ3n) is 1.45. The summed E-state index contributed by atoms with van der Waals surface area (Å²) in [6, 6.07) is 3.48. The Morgan fingerprint density at radius 1 is 1.50 bits per heavy atom. The predicted molar refractivity (Wildman–Crippen MR) is 45.5 cm³/mol. The number of pyridine rings is 1. The van der Waals surface area contributed by atoms with Crippen LogP contribution < -0.4 is 0 Å². The molecule has 0 unspecified atom stereocenters. The van der Waals surface area contributed by atoms with E-state index < -0.39 is 5.97 Å². The maximum Gasteiger partial charge on any atom is 0.307 e. The van der Waals surface area contributed by atoms with Gasteiger partial charge in [-0.05, 0) is 23.3 Å². The summed E-state index contributed by atoms with van der Waals surface area (Å²) in [5.74, 6) is -0.864. The number of rotatable bonds is 3. The first-order chi connectivity index (χ1) is 5.70. The lowest BCUT2D eigenvalue weighted by Crippen LogP contribution is -1.95. The third-order valence-corrected chi connectivity index (χ3v) is 1.45. The molecule has 0 saturated carbocycles. The van der Waals surface area contributed by atoms with Crippen molar-refractivity contribution in [2.45, 2.75) is 6.42 Å². The van der Waals surface area contributed by atoms with Gasteiger partial charge < -0.3 is 5.11 Å². The summed E-state index contributed by atoms with van der Waals surface area (Å²) < 4.78 is 0. The van der Waals surface area contributed by atoms with Gasteiger partial charge in [-0.15, -0.1) is 0 Å². The molecule has 1 aromatic rings. The van der Waals surface area contributed by atoms with E-state index in [0.717, 1.165) is 5.56 Å². The van der Waals surface area contributed by atoms with Crippen molar-refractivity contribution in [3.63, 3.8) is 0 Å². The second-order valence-electron chi connectivity index (χ2n) is 2.41. The number of carboxylic acid groups (broad SMARTS) is 1. The third kappa shape index (κ3) is 2.20. The number of carboxylic acids is 1. The van der Waals surface area contributed by atoms with Crippen LogP contribution in [0, 0.1) is 0 Å². The molecule has 3 nitrogen and oxygen atoms in total. The molecule has 0 saturated heterocycles. The average Bonchev–Trinajstić information content (AvgIpc) is 2.05. The fourth-order valence-electron chi connectivity index (χ4n) is 0.872. The summed E-state index contributed by atoms with van der Waals surface area (Å²) in [5.41, 5.74) is 1.43. The summed E-state index contributed by atoms with van der Waals surface area (Å²) in [6.07, 6.45) is 3.20. The molecule has 0 radical (unpaired) electrons. The van der Waals surface area contributed by atoms with Crippen LogP contribution in [0.2, 0.25) is 0 Å². The van der Waals surface area contributed by atoms with Crippen molar-refractivity contribution in [3.8, 4) is 0 Å². The van der Waals surface area contributed by atoms with Gasteiger partial charge in [0.2, 0.25) is 0 Å². The molecule has 0 aliphatic carbocycles. The molecule has 1 rings (SSSR count). The van der Waals surface area contributed by atoms with E-state index in [1.165, 1.54) is 0 Å². The minimum atomic E-state index is -0.864. The monoisotopic (exact) mass is 163 g/mol. The Morgan fingerprint density at radius 2 is 2.08 bits per heavy atom. The van der Waals surface area contributed by atoms with Gasteiger partial charge in [0, 0.05) is 12.4 Å². The summed E-state index contributed by atoms with van der Waals surface area (Å²) in [6.45, 7) is 3.66. The van der Waals surface area contributed by atoms with E-state index in [9.17, 15) is 4.79 Å². The Kier molecular flexibility index (Phi) is 2.58. The van der Waals surface area contributed by atoms with Crippen molar-refractivity contribution < 1.29 is 9.90 Å². The molecular formula is C9H9NO2. The SMILES string of the molecule is C=C(CC(=O)O)c1ccncc1. The zero-order valence-corrected chi connectivity index (χ0v) is 6.53. The van der Waals surface area contributed by atoms with E-state index in [0.29, 0.717) is 5.57 Å². The molecule has 0 aliphatic heterocycles. The molecule has 1 N–H and O–H groups in total. The van der Waals surface area contributed by atoms with Crippen molar-refractivity contribution in [1.82, 2.24) is 4.98 Å². The van der Waals surface area contributed by atoms with Crippen molar-refractivity contribution >= 4 is 11.5 Å². The van der Waals surface area contributed by atoms with Crippen LogP contribution in [-0.4, -0.2) is 16.1 Å². The van der Waals surface area contributed by atoms with Crippen molar-refractivity contribution in [2.75, 3.05) is 0 Å². The molecule has 3 heteroatoms. The lowest BCUT2D eigenvalue weighted by Gasteiger charge is -2.00. The van der Waals surface area contributed by atoms with Crippen LogP contribution in [0.15, 0.2) is 31.1 Å². The zero-order chi connectivity index (χ0) is 8.97. The van der Waals surface area contributed by atoms with Crippen LogP contribution in [0.3, 0.4) is 0 Å². The van der Waals surface area contributed by atoms with Crippen LogP contribution in [0.1, 0.15) is 12.0 Å². The normalized spacial score (nSPS) is 9.33. The molecule has 0 aliphatic rings. The van der Waals surface area contributed by atoms with Crippen LogP contribution in [0.25, 0.3) is 5.57 Å². The maximum atomic E-state index is 10.3. The molecule has 0 amide bonds. The molecular weight excluding hydrogens is 154 g/mol. The Balaban J connectivity index is 2.73. The number of hydrogen-bond donors (Lipinski definition) is 1. The fourth-order valence-corrected chi connectivity index (χ4v) is 0.872. The van der Waals surface area contributed by atoms with Gasteiger partial charge >= 0.3 is 5.97 Å². The summed E-state index contributed by atoms with van der Waals surface area (Å²) in [4.78, 5) is 14.1. The van der Waals surface area contributed by atoms with Crippen molar-refractivity contribution in [3.05, 3.63) is 36.7 Å². The van der Waals surface area contributed by atoms with Gasteiger partial charge in [-0.2, -0.15) is 0 Å². The van der Waals surface area contributed by atoms with Crippen LogP contribution in [0.4, 0.5) is 0 Å². The zero-order valence-electron chi connectivity index (χ0n) is 6.53. The Bertz CT molecular complexity index is 293. The van der Waals surface area contributed by atoms with Gasteiger partial charge in [0.15, 0.2) is 0 Å².